The van der Waals surface area contributed by atoms with Crippen molar-refractivity contribution < 1.29 is 14.3 Å². The first-order valence-corrected chi connectivity index (χ1v) is 7.45. The lowest BCUT2D eigenvalue weighted by molar-refractivity contribution is 0.0993. The molecule has 0 saturated heterocycles. The Balaban J connectivity index is 1.93. The molecule has 0 aromatic heterocycles. The van der Waals surface area contributed by atoms with Gasteiger partial charge in [-0.2, -0.15) is 0 Å². The molecule has 0 radical (unpaired) electrons. The first-order chi connectivity index (χ1) is 11.2. The average molecular weight is 306 g/mol. The van der Waals surface area contributed by atoms with Crippen LogP contribution >= 0.6 is 0 Å². The van der Waals surface area contributed by atoms with E-state index in [0.29, 0.717) is 12.0 Å². The first kappa shape index (κ1) is 15.1. The lowest BCUT2D eigenvalue weighted by Gasteiger charge is -2.10. The summed E-state index contributed by atoms with van der Waals surface area (Å²) in [4.78, 5) is 12.5. The first-order valence-electron chi connectivity index (χ1n) is 7.45. The number of rotatable bonds is 5. The van der Waals surface area contributed by atoms with Gasteiger partial charge in [0, 0.05) is 17.4 Å². The zero-order valence-electron chi connectivity index (χ0n) is 13.2. The van der Waals surface area contributed by atoms with E-state index in [9.17, 15) is 4.79 Å². The second kappa shape index (κ2) is 6.53. The van der Waals surface area contributed by atoms with Crippen molar-refractivity contribution in [1.29, 1.82) is 0 Å². The number of benzene rings is 3. The van der Waals surface area contributed by atoms with Crippen LogP contribution in [-0.2, 0) is 6.42 Å². The average Bonchev–Trinajstić information content (AvgIpc) is 2.62. The van der Waals surface area contributed by atoms with Gasteiger partial charge in [0.05, 0.1) is 14.2 Å². The van der Waals surface area contributed by atoms with Crippen LogP contribution < -0.4 is 9.47 Å². The maximum atomic E-state index is 12.5. The summed E-state index contributed by atoms with van der Waals surface area (Å²) in [7, 11) is 3.27. The van der Waals surface area contributed by atoms with Gasteiger partial charge in [0.15, 0.2) is 5.78 Å². The number of Topliss-reactive ketones (excluding diaryl/α,β-unsaturated/α-hetero) is 1. The van der Waals surface area contributed by atoms with Crippen molar-refractivity contribution in [2.45, 2.75) is 6.42 Å². The summed E-state index contributed by atoms with van der Waals surface area (Å²) in [6.07, 6.45) is 0.358. The van der Waals surface area contributed by atoms with Crippen LogP contribution in [0.25, 0.3) is 10.8 Å². The molecular formula is C20H18O3. The molecule has 3 rings (SSSR count). The molecule has 3 nitrogen and oxygen atoms in total. The topological polar surface area (TPSA) is 35.5 Å². The molecule has 23 heavy (non-hydrogen) atoms. The Morgan fingerprint density at radius 1 is 0.826 bits per heavy atom. The number of ketones is 1. The predicted octanol–water partition coefficient (Wildman–Crippen LogP) is 4.28. The summed E-state index contributed by atoms with van der Waals surface area (Å²) in [6.45, 7) is 0. The molecule has 0 unspecified atom stereocenters. The Bertz CT molecular complexity index is 835. The van der Waals surface area contributed by atoms with Crippen molar-refractivity contribution in [1.82, 2.24) is 0 Å². The van der Waals surface area contributed by atoms with Crippen LogP contribution in [-0.4, -0.2) is 20.0 Å². The molecule has 0 spiro atoms. The van der Waals surface area contributed by atoms with Gasteiger partial charge in [-0.15, -0.1) is 0 Å². The molecule has 0 aliphatic carbocycles. The molecular weight excluding hydrogens is 288 g/mol. The lowest BCUT2D eigenvalue weighted by atomic mass is 9.97. The van der Waals surface area contributed by atoms with Crippen LogP contribution in [0.4, 0.5) is 0 Å². The van der Waals surface area contributed by atoms with Gasteiger partial charge in [0.1, 0.15) is 11.5 Å². The van der Waals surface area contributed by atoms with Gasteiger partial charge in [0.2, 0.25) is 0 Å². The number of methoxy groups -OCH3 is 2. The zero-order chi connectivity index (χ0) is 16.2. The Labute approximate surface area is 135 Å². The molecule has 0 atom stereocenters. The van der Waals surface area contributed by atoms with Crippen molar-refractivity contribution in [3.05, 3.63) is 71.8 Å². The minimum absolute atomic E-state index is 0.0861. The fourth-order valence-corrected chi connectivity index (χ4v) is 2.72. The molecule has 0 amide bonds. The molecule has 0 heterocycles. The van der Waals surface area contributed by atoms with E-state index >= 15 is 0 Å². The molecule has 3 heteroatoms. The van der Waals surface area contributed by atoms with Crippen LogP contribution in [0.1, 0.15) is 15.9 Å². The van der Waals surface area contributed by atoms with E-state index in [-0.39, 0.29) is 5.78 Å². The molecule has 116 valence electrons. The van der Waals surface area contributed by atoms with Crippen LogP contribution in [0.2, 0.25) is 0 Å². The van der Waals surface area contributed by atoms with Crippen molar-refractivity contribution in [2.75, 3.05) is 14.2 Å². The van der Waals surface area contributed by atoms with E-state index in [1.165, 1.54) is 0 Å². The van der Waals surface area contributed by atoms with Gasteiger partial charge in [-0.05, 0) is 41.3 Å². The summed E-state index contributed by atoms with van der Waals surface area (Å²) < 4.78 is 10.5. The standard InChI is InChI=1S/C20H18O3/c1-22-16-10-7-14(8-11-16)19(21)13-15-9-12-20(23-2)18-6-4-3-5-17(15)18/h3-12H,13H2,1-2H3. The van der Waals surface area contributed by atoms with Crippen LogP contribution in [0.3, 0.4) is 0 Å². The second-order valence-corrected chi connectivity index (χ2v) is 5.30. The van der Waals surface area contributed by atoms with Crippen LogP contribution in [0.5, 0.6) is 11.5 Å². The van der Waals surface area contributed by atoms with E-state index in [1.807, 2.05) is 36.4 Å². The summed E-state index contributed by atoms with van der Waals surface area (Å²) in [6, 6.07) is 19.1. The number of ether oxygens (including phenoxy) is 2. The maximum absolute atomic E-state index is 12.5. The minimum atomic E-state index is 0.0861. The van der Waals surface area contributed by atoms with Gasteiger partial charge < -0.3 is 9.47 Å². The second-order valence-electron chi connectivity index (χ2n) is 5.30. The smallest absolute Gasteiger partial charge is 0.167 e. The van der Waals surface area contributed by atoms with Crippen molar-refractivity contribution in [2.24, 2.45) is 0 Å². The quantitative estimate of drug-likeness (QED) is 0.660. The summed E-state index contributed by atoms with van der Waals surface area (Å²) in [5.74, 6) is 1.65. The molecule has 0 fully saturated rings. The van der Waals surface area contributed by atoms with Crippen molar-refractivity contribution >= 4 is 16.6 Å². The molecule has 3 aromatic carbocycles. The van der Waals surface area contributed by atoms with Crippen LogP contribution in [0.15, 0.2) is 60.7 Å². The summed E-state index contributed by atoms with van der Waals surface area (Å²) in [5, 5.41) is 2.07. The third kappa shape index (κ3) is 3.04. The molecule has 0 aliphatic heterocycles. The number of carbonyl (C=O) groups excluding carboxylic acids is 1. The zero-order valence-corrected chi connectivity index (χ0v) is 13.2. The van der Waals surface area contributed by atoms with E-state index in [0.717, 1.165) is 27.8 Å². The monoisotopic (exact) mass is 306 g/mol. The summed E-state index contributed by atoms with van der Waals surface area (Å²) in [5.41, 5.74) is 1.69. The third-order valence-corrected chi connectivity index (χ3v) is 3.96. The number of fused-ring (bicyclic) bond motifs is 1. The molecule has 0 bridgehead atoms. The molecule has 0 N–H and O–H groups in total. The predicted molar refractivity (Wildman–Crippen MR) is 91.5 cm³/mol. The highest BCUT2D eigenvalue weighted by atomic mass is 16.5. The number of carbonyl (C=O) groups is 1. The Morgan fingerprint density at radius 3 is 2.17 bits per heavy atom. The Kier molecular flexibility index (Phi) is 4.29. The molecule has 0 aliphatic rings. The fraction of sp³-hybridized carbons (Fsp3) is 0.150. The number of hydrogen-bond donors (Lipinski definition) is 0. The SMILES string of the molecule is COc1ccc(C(=O)Cc2ccc(OC)c3ccccc23)cc1. The normalized spacial score (nSPS) is 10.5. The highest BCUT2D eigenvalue weighted by Crippen LogP contribution is 2.29. The van der Waals surface area contributed by atoms with Gasteiger partial charge in [-0.3, -0.25) is 4.79 Å². The Hall–Kier alpha value is -2.81. The maximum Gasteiger partial charge on any atom is 0.167 e. The van der Waals surface area contributed by atoms with Crippen LogP contribution in [0, 0.1) is 0 Å². The highest BCUT2D eigenvalue weighted by Gasteiger charge is 2.11. The summed E-state index contributed by atoms with van der Waals surface area (Å²) >= 11 is 0. The number of hydrogen-bond acceptors (Lipinski definition) is 3. The van der Waals surface area contributed by atoms with E-state index in [2.05, 4.69) is 0 Å². The van der Waals surface area contributed by atoms with Gasteiger partial charge in [-0.25, -0.2) is 0 Å². The van der Waals surface area contributed by atoms with Gasteiger partial charge in [0.25, 0.3) is 0 Å². The van der Waals surface area contributed by atoms with E-state index in [1.54, 1.807) is 38.5 Å². The van der Waals surface area contributed by atoms with Crippen molar-refractivity contribution in [3.8, 4) is 11.5 Å². The van der Waals surface area contributed by atoms with E-state index < -0.39 is 0 Å². The highest BCUT2D eigenvalue weighted by molar-refractivity contribution is 6.01. The molecule has 0 saturated carbocycles. The van der Waals surface area contributed by atoms with E-state index in [4.69, 9.17) is 9.47 Å². The third-order valence-electron chi connectivity index (χ3n) is 3.96. The minimum Gasteiger partial charge on any atom is -0.497 e. The van der Waals surface area contributed by atoms with Crippen molar-refractivity contribution in [3.63, 3.8) is 0 Å². The van der Waals surface area contributed by atoms with Gasteiger partial charge in [-0.1, -0.05) is 30.3 Å². The fourth-order valence-electron chi connectivity index (χ4n) is 2.72. The largest absolute Gasteiger partial charge is 0.497 e. The van der Waals surface area contributed by atoms with Gasteiger partial charge >= 0.3 is 0 Å². The lowest BCUT2D eigenvalue weighted by Crippen LogP contribution is -2.04. The Morgan fingerprint density at radius 2 is 1.52 bits per heavy atom. The molecule has 3 aromatic rings.